The van der Waals surface area contributed by atoms with E-state index in [1.807, 2.05) is 17.0 Å². The molecule has 1 N–H and O–H groups in total. The normalized spacial score (nSPS) is 15.7. The van der Waals surface area contributed by atoms with Crippen molar-refractivity contribution >= 4 is 30.7 Å². The lowest BCUT2D eigenvalue weighted by atomic mass is 10.1. The van der Waals surface area contributed by atoms with Crippen molar-refractivity contribution in [2.24, 2.45) is 0 Å². The Morgan fingerprint density at radius 3 is 2.67 bits per heavy atom. The van der Waals surface area contributed by atoms with E-state index in [1.54, 1.807) is 6.20 Å². The van der Waals surface area contributed by atoms with Crippen LogP contribution in [0.3, 0.4) is 0 Å². The number of nitrogens with zero attached hydrogens (tertiary/aromatic N) is 2. The highest BCUT2D eigenvalue weighted by atomic mass is 35.5. The first-order valence-electron chi connectivity index (χ1n) is 9.19. The number of carbonyl (C=O) groups excluding carboxylic acids is 1. The van der Waals surface area contributed by atoms with Crippen molar-refractivity contribution in [3.05, 3.63) is 41.9 Å². The lowest BCUT2D eigenvalue weighted by molar-refractivity contribution is -0.133. The SMILES string of the molecule is CCCN(C(=O)CCc1ncc(-c2ccc(C)cc2)o1)C1CCNC1.Cl.Cl. The second-order valence-electron chi connectivity index (χ2n) is 6.72. The average molecular weight is 414 g/mol. The van der Waals surface area contributed by atoms with E-state index in [2.05, 4.69) is 36.3 Å². The fourth-order valence-electron chi connectivity index (χ4n) is 3.29. The van der Waals surface area contributed by atoms with E-state index in [0.717, 1.165) is 43.8 Å². The summed E-state index contributed by atoms with van der Waals surface area (Å²) in [4.78, 5) is 19.0. The van der Waals surface area contributed by atoms with Crippen molar-refractivity contribution in [1.82, 2.24) is 15.2 Å². The predicted octanol–water partition coefficient (Wildman–Crippen LogP) is 4.03. The molecule has 3 rings (SSSR count). The molecule has 0 aliphatic carbocycles. The minimum atomic E-state index is 0. The fourth-order valence-corrected chi connectivity index (χ4v) is 3.29. The van der Waals surface area contributed by atoms with Gasteiger partial charge in [0.25, 0.3) is 0 Å². The predicted molar refractivity (Wildman–Crippen MR) is 113 cm³/mol. The van der Waals surface area contributed by atoms with E-state index in [1.165, 1.54) is 5.56 Å². The summed E-state index contributed by atoms with van der Waals surface area (Å²) < 4.78 is 5.83. The Morgan fingerprint density at radius 1 is 1.30 bits per heavy atom. The van der Waals surface area contributed by atoms with Gasteiger partial charge in [0.1, 0.15) is 0 Å². The number of amides is 1. The quantitative estimate of drug-likeness (QED) is 0.744. The number of oxazole rings is 1. The van der Waals surface area contributed by atoms with Crippen molar-refractivity contribution in [2.45, 2.75) is 45.6 Å². The third-order valence-electron chi connectivity index (χ3n) is 4.70. The maximum Gasteiger partial charge on any atom is 0.223 e. The van der Waals surface area contributed by atoms with Crippen molar-refractivity contribution in [3.8, 4) is 11.3 Å². The van der Waals surface area contributed by atoms with Gasteiger partial charge in [-0.1, -0.05) is 36.8 Å². The van der Waals surface area contributed by atoms with Crippen LogP contribution in [-0.4, -0.2) is 41.5 Å². The summed E-state index contributed by atoms with van der Waals surface area (Å²) in [5.74, 6) is 1.59. The number of hydrogen-bond donors (Lipinski definition) is 1. The van der Waals surface area contributed by atoms with Gasteiger partial charge in [-0.2, -0.15) is 0 Å². The number of halogens is 2. The molecule has 7 heteroatoms. The molecule has 1 aromatic carbocycles. The Morgan fingerprint density at radius 2 is 2.04 bits per heavy atom. The topological polar surface area (TPSA) is 58.4 Å². The van der Waals surface area contributed by atoms with Gasteiger partial charge in [0, 0.05) is 37.5 Å². The first-order valence-corrected chi connectivity index (χ1v) is 9.19. The Kier molecular flexibility index (Phi) is 9.84. The van der Waals surface area contributed by atoms with Crippen LogP contribution in [0.25, 0.3) is 11.3 Å². The van der Waals surface area contributed by atoms with Gasteiger partial charge in [-0.15, -0.1) is 24.8 Å². The summed E-state index contributed by atoms with van der Waals surface area (Å²) in [7, 11) is 0. The molecule has 1 saturated heterocycles. The molecule has 27 heavy (non-hydrogen) atoms. The van der Waals surface area contributed by atoms with Crippen molar-refractivity contribution in [2.75, 3.05) is 19.6 Å². The molecule has 1 aliphatic rings. The monoisotopic (exact) mass is 413 g/mol. The van der Waals surface area contributed by atoms with Crippen LogP contribution in [0.4, 0.5) is 0 Å². The largest absolute Gasteiger partial charge is 0.441 e. The Balaban J connectivity index is 0.00000182. The van der Waals surface area contributed by atoms with E-state index in [9.17, 15) is 4.79 Å². The molecule has 150 valence electrons. The molecule has 1 amide bonds. The number of hydrogen-bond acceptors (Lipinski definition) is 4. The number of benzene rings is 1. The number of rotatable bonds is 7. The molecule has 1 atom stereocenters. The van der Waals surface area contributed by atoms with Crippen LogP contribution in [0.1, 0.15) is 37.6 Å². The van der Waals surface area contributed by atoms with Crippen LogP contribution in [0, 0.1) is 6.92 Å². The maximum absolute atomic E-state index is 12.6. The zero-order chi connectivity index (χ0) is 17.6. The zero-order valence-electron chi connectivity index (χ0n) is 15.9. The van der Waals surface area contributed by atoms with Crippen molar-refractivity contribution in [3.63, 3.8) is 0 Å². The number of carbonyl (C=O) groups is 1. The van der Waals surface area contributed by atoms with Gasteiger partial charge in [0.05, 0.1) is 6.20 Å². The third kappa shape index (κ3) is 6.23. The minimum absolute atomic E-state index is 0. The van der Waals surface area contributed by atoms with Crippen molar-refractivity contribution < 1.29 is 9.21 Å². The van der Waals surface area contributed by atoms with E-state index in [4.69, 9.17) is 4.42 Å². The molecule has 0 saturated carbocycles. The summed E-state index contributed by atoms with van der Waals surface area (Å²) in [6.45, 7) is 6.90. The average Bonchev–Trinajstić information content (AvgIpc) is 3.30. The second-order valence-corrected chi connectivity index (χ2v) is 6.72. The van der Waals surface area contributed by atoms with Crippen molar-refractivity contribution in [1.29, 1.82) is 0 Å². The van der Waals surface area contributed by atoms with Crippen LogP contribution >= 0.6 is 24.8 Å². The molecule has 1 aromatic heterocycles. The molecular weight excluding hydrogens is 385 g/mol. The van der Waals surface area contributed by atoms with Crippen LogP contribution in [-0.2, 0) is 11.2 Å². The number of aryl methyl sites for hydroxylation is 2. The Labute approximate surface area is 173 Å². The fraction of sp³-hybridized carbons (Fsp3) is 0.500. The molecule has 5 nitrogen and oxygen atoms in total. The van der Waals surface area contributed by atoms with E-state index < -0.39 is 0 Å². The van der Waals surface area contributed by atoms with Gasteiger partial charge in [0.15, 0.2) is 11.7 Å². The van der Waals surface area contributed by atoms with Crippen LogP contribution in [0.15, 0.2) is 34.9 Å². The molecule has 0 radical (unpaired) electrons. The third-order valence-corrected chi connectivity index (χ3v) is 4.70. The van der Waals surface area contributed by atoms with Crippen LogP contribution in [0.2, 0.25) is 0 Å². The molecule has 2 aromatic rings. The van der Waals surface area contributed by atoms with E-state index in [-0.39, 0.29) is 30.7 Å². The van der Waals surface area contributed by atoms with E-state index >= 15 is 0 Å². The molecule has 0 bridgehead atoms. The lowest BCUT2D eigenvalue weighted by Gasteiger charge is -2.28. The zero-order valence-corrected chi connectivity index (χ0v) is 17.6. The van der Waals surface area contributed by atoms with Gasteiger partial charge >= 0.3 is 0 Å². The number of nitrogens with one attached hydrogen (secondary N) is 1. The van der Waals surface area contributed by atoms with Gasteiger partial charge in [-0.25, -0.2) is 4.98 Å². The summed E-state index contributed by atoms with van der Waals surface area (Å²) in [5, 5.41) is 3.34. The smallest absolute Gasteiger partial charge is 0.223 e. The summed E-state index contributed by atoms with van der Waals surface area (Å²) in [6, 6.07) is 8.50. The van der Waals surface area contributed by atoms with E-state index in [0.29, 0.717) is 24.8 Å². The van der Waals surface area contributed by atoms with Gasteiger partial charge in [0.2, 0.25) is 5.91 Å². The highest BCUT2D eigenvalue weighted by molar-refractivity contribution is 5.85. The maximum atomic E-state index is 12.6. The standard InChI is InChI=1S/C20H27N3O2.2ClH/c1-3-12-23(17-10-11-21-13-17)20(24)9-8-19-22-14-18(25-19)16-6-4-15(2)5-7-16;;/h4-7,14,17,21H,3,8-13H2,1-2H3;2*1H. The second kappa shape index (κ2) is 11.3. The minimum Gasteiger partial charge on any atom is -0.441 e. The lowest BCUT2D eigenvalue weighted by Crippen LogP contribution is -2.42. The number of aromatic nitrogens is 1. The molecular formula is C20H29Cl2N3O2. The highest BCUT2D eigenvalue weighted by Gasteiger charge is 2.25. The highest BCUT2D eigenvalue weighted by Crippen LogP contribution is 2.21. The summed E-state index contributed by atoms with van der Waals surface area (Å²) in [5.41, 5.74) is 2.23. The molecule has 1 aliphatic heterocycles. The summed E-state index contributed by atoms with van der Waals surface area (Å²) in [6.07, 6.45) is 4.77. The van der Waals surface area contributed by atoms with Gasteiger partial charge in [-0.05, 0) is 26.3 Å². The Hall–Kier alpha value is -1.56. The Bertz CT molecular complexity index is 698. The molecule has 2 heterocycles. The first-order chi connectivity index (χ1) is 12.2. The van der Waals surface area contributed by atoms with Crippen LogP contribution in [0.5, 0.6) is 0 Å². The van der Waals surface area contributed by atoms with Gasteiger partial charge in [-0.3, -0.25) is 4.79 Å². The summed E-state index contributed by atoms with van der Waals surface area (Å²) >= 11 is 0. The van der Waals surface area contributed by atoms with Gasteiger partial charge < -0.3 is 14.6 Å². The van der Waals surface area contributed by atoms with Crippen LogP contribution < -0.4 is 5.32 Å². The molecule has 1 fully saturated rings. The molecule has 1 unspecified atom stereocenters. The first kappa shape index (κ1) is 23.5. The molecule has 0 spiro atoms.